The molecule has 2 aromatic rings. The minimum Gasteiger partial charge on any atom is -0.493 e. The summed E-state index contributed by atoms with van der Waals surface area (Å²) in [7, 11) is 1.66. The van der Waals surface area contributed by atoms with Crippen molar-refractivity contribution in [2.24, 2.45) is 5.92 Å². The molecule has 1 saturated carbocycles. The van der Waals surface area contributed by atoms with Crippen LogP contribution in [0.4, 0.5) is 0 Å². The van der Waals surface area contributed by atoms with Crippen molar-refractivity contribution >= 4 is 11.8 Å². The molecule has 0 saturated heterocycles. The average Bonchev–Trinajstić information content (AvgIpc) is 3.40. The second-order valence-electron chi connectivity index (χ2n) is 6.78. The van der Waals surface area contributed by atoms with Gasteiger partial charge in [0.25, 0.3) is 0 Å². The molecule has 1 heterocycles. The van der Waals surface area contributed by atoms with Gasteiger partial charge in [0, 0.05) is 29.7 Å². The zero-order valence-electron chi connectivity index (χ0n) is 15.3. The van der Waals surface area contributed by atoms with Crippen molar-refractivity contribution in [2.45, 2.75) is 33.6 Å². The van der Waals surface area contributed by atoms with Crippen molar-refractivity contribution in [1.82, 2.24) is 4.57 Å². The van der Waals surface area contributed by atoms with Gasteiger partial charge in [0.2, 0.25) is 0 Å². The number of pyridine rings is 1. The van der Waals surface area contributed by atoms with E-state index in [9.17, 15) is 4.79 Å². The number of rotatable bonds is 6. The summed E-state index contributed by atoms with van der Waals surface area (Å²) in [6.07, 6.45) is 4.56. The third-order valence-corrected chi connectivity index (χ3v) is 4.58. The quantitative estimate of drug-likeness (QED) is 0.789. The van der Waals surface area contributed by atoms with Gasteiger partial charge < -0.3 is 14.0 Å². The van der Waals surface area contributed by atoms with Crippen molar-refractivity contribution in [3.63, 3.8) is 0 Å². The largest absolute Gasteiger partial charge is 0.493 e. The van der Waals surface area contributed by atoms with Gasteiger partial charge in [-0.3, -0.25) is 4.79 Å². The van der Waals surface area contributed by atoms with Crippen LogP contribution in [-0.2, 0) is 0 Å². The third kappa shape index (κ3) is 4.13. The Morgan fingerprint density at radius 1 is 1.16 bits per heavy atom. The number of hydrogen-bond donors (Lipinski definition) is 0. The van der Waals surface area contributed by atoms with Gasteiger partial charge >= 0.3 is 0 Å². The monoisotopic (exact) mass is 339 g/mol. The normalized spacial score (nSPS) is 14.5. The Labute approximate surface area is 148 Å². The maximum atomic E-state index is 11.6. The number of aromatic nitrogens is 1. The average molecular weight is 339 g/mol. The molecule has 0 unspecified atom stereocenters. The number of benzene rings is 1. The first kappa shape index (κ1) is 17.3. The first-order valence-corrected chi connectivity index (χ1v) is 8.67. The van der Waals surface area contributed by atoms with Gasteiger partial charge in [0.05, 0.1) is 13.7 Å². The number of nitrogens with zero attached hydrogens (tertiary/aromatic N) is 1. The second-order valence-corrected chi connectivity index (χ2v) is 6.78. The summed E-state index contributed by atoms with van der Waals surface area (Å²) < 4.78 is 13.4. The van der Waals surface area contributed by atoms with Crippen molar-refractivity contribution in [1.29, 1.82) is 0 Å². The van der Waals surface area contributed by atoms with Gasteiger partial charge in [-0.1, -0.05) is 6.07 Å². The molecule has 0 bridgehead atoms. The van der Waals surface area contributed by atoms with E-state index >= 15 is 0 Å². The van der Waals surface area contributed by atoms with Crippen LogP contribution < -0.4 is 14.9 Å². The van der Waals surface area contributed by atoms with Crippen LogP contribution in [0, 0.1) is 19.8 Å². The Balaban J connectivity index is 1.92. The lowest BCUT2D eigenvalue weighted by Crippen LogP contribution is -2.08. The predicted molar refractivity (Wildman–Crippen MR) is 101 cm³/mol. The molecule has 1 aliphatic carbocycles. The van der Waals surface area contributed by atoms with Crippen LogP contribution in [-0.4, -0.2) is 18.3 Å². The maximum absolute atomic E-state index is 11.6. The highest BCUT2D eigenvalue weighted by Crippen LogP contribution is 2.34. The molecular weight excluding hydrogens is 314 g/mol. The Morgan fingerprint density at radius 3 is 2.44 bits per heavy atom. The number of ether oxygens (including phenoxy) is 2. The van der Waals surface area contributed by atoms with Crippen LogP contribution in [0.5, 0.6) is 11.5 Å². The minimum absolute atomic E-state index is 0.0394. The molecule has 3 rings (SSSR count). The van der Waals surface area contributed by atoms with E-state index in [0.29, 0.717) is 5.92 Å². The highest BCUT2D eigenvalue weighted by molar-refractivity contribution is 5.75. The molecule has 0 radical (unpaired) electrons. The van der Waals surface area contributed by atoms with E-state index in [1.807, 2.05) is 36.6 Å². The van der Waals surface area contributed by atoms with Crippen LogP contribution in [0.2, 0.25) is 0 Å². The molecule has 0 spiro atoms. The zero-order chi connectivity index (χ0) is 18.0. The van der Waals surface area contributed by atoms with Crippen molar-refractivity contribution in [2.75, 3.05) is 13.7 Å². The van der Waals surface area contributed by atoms with Gasteiger partial charge in [-0.15, -0.1) is 0 Å². The topological polar surface area (TPSA) is 40.5 Å². The van der Waals surface area contributed by atoms with Crippen LogP contribution in [0.25, 0.3) is 11.8 Å². The summed E-state index contributed by atoms with van der Waals surface area (Å²) in [6, 6.07) is 9.30. The van der Waals surface area contributed by atoms with Gasteiger partial charge in [0.1, 0.15) is 0 Å². The highest BCUT2D eigenvalue weighted by Gasteiger charge is 2.22. The summed E-state index contributed by atoms with van der Waals surface area (Å²) >= 11 is 0. The summed E-state index contributed by atoms with van der Waals surface area (Å²) in [6.45, 7) is 6.69. The zero-order valence-corrected chi connectivity index (χ0v) is 15.3. The van der Waals surface area contributed by atoms with E-state index in [1.54, 1.807) is 19.2 Å². The molecule has 25 heavy (non-hydrogen) atoms. The summed E-state index contributed by atoms with van der Waals surface area (Å²) in [4.78, 5) is 11.6. The minimum atomic E-state index is 0.0394. The van der Waals surface area contributed by atoms with E-state index in [-0.39, 0.29) is 5.43 Å². The van der Waals surface area contributed by atoms with Crippen molar-refractivity contribution in [3.8, 4) is 11.5 Å². The van der Waals surface area contributed by atoms with Crippen LogP contribution in [0.1, 0.15) is 36.7 Å². The molecule has 0 N–H and O–H groups in total. The molecule has 4 heteroatoms. The van der Waals surface area contributed by atoms with E-state index in [4.69, 9.17) is 9.47 Å². The van der Waals surface area contributed by atoms with E-state index in [1.165, 1.54) is 12.8 Å². The Bertz CT molecular complexity index is 834. The van der Waals surface area contributed by atoms with E-state index in [2.05, 4.69) is 13.1 Å². The highest BCUT2D eigenvalue weighted by atomic mass is 16.5. The van der Waals surface area contributed by atoms with Gasteiger partial charge in [-0.25, -0.2) is 0 Å². The number of hydrogen-bond acceptors (Lipinski definition) is 3. The molecule has 0 atom stereocenters. The predicted octanol–water partition coefficient (Wildman–Crippen LogP) is 4.28. The summed E-state index contributed by atoms with van der Waals surface area (Å²) in [5.41, 5.74) is 4.04. The lowest BCUT2D eigenvalue weighted by atomic mass is 10.1. The lowest BCUT2D eigenvalue weighted by molar-refractivity contribution is 0.280. The van der Waals surface area contributed by atoms with Gasteiger partial charge in [0.15, 0.2) is 16.9 Å². The number of methoxy groups -OCH3 is 1. The Hall–Kier alpha value is -2.49. The van der Waals surface area contributed by atoms with Crippen molar-refractivity contribution in [3.05, 3.63) is 57.5 Å². The number of allylic oxidation sites excluding steroid dienone is 1. The summed E-state index contributed by atoms with van der Waals surface area (Å²) in [5.74, 6) is 2.23. The van der Waals surface area contributed by atoms with Crippen LogP contribution in [0.15, 0.2) is 35.1 Å². The maximum Gasteiger partial charge on any atom is 0.182 e. The molecule has 1 aliphatic rings. The fraction of sp³-hybridized carbons (Fsp3) is 0.381. The van der Waals surface area contributed by atoms with Crippen molar-refractivity contribution < 1.29 is 9.47 Å². The second kappa shape index (κ2) is 7.18. The first-order valence-electron chi connectivity index (χ1n) is 8.67. The lowest BCUT2D eigenvalue weighted by Gasteiger charge is -2.14. The molecular formula is C21H25NO3. The van der Waals surface area contributed by atoms with Gasteiger partial charge in [-0.2, -0.15) is 0 Å². The smallest absolute Gasteiger partial charge is 0.182 e. The molecule has 4 nitrogen and oxygen atoms in total. The fourth-order valence-electron chi connectivity index (χ4n) is 2.87. The van der Waals surface area contributed by atoms with E-state index in [0.717, 1.165) is 40.6 Å². The molecule has 1 aromatic carbocycles. The molecule has 132 valence electrons. The SMILES string of the molecule is COc1ccc(/C(C)=C/n2c(C)cc(=O)cc2C)cc1OCC1CC1. The number of aryl methyl sites for hydroxylation is 2. The van der Waals surface area contributed by atoms with Crippen LogP contribution >= 0.6 is 0 Å². The standard InChI is InChI=1S/C21H25NO3/c1-14(12-22-15(2)9-19(23)10-16(22)3)18-7-8-20(24-4)21(11-18)25-13-17-5-6-17/h7-12,17H,5-6,13H2,1-4H3/b14-12+. The first-order chi connectivity index (χ1) is 12.0. The molecule has 0 amide bonds. The molecule has 1 aromatic heterocycles. The Morgan fingerprint density at radius 2 is 1.84 bits per heavy atom. The molecule has 0 aliphatic heterocycles. The molecule has 1 fully saturated rings. The van der Waals surface area contributed by atoms with Crippen LogP contribution in [0.3, 0.4) is 0 Å². The van der Waals surface area contributed by atoms with Gasteiger partial charge in [-0.05, 0) is 62.8 Å². The summed E-state index contributed by atoms with van der Waals surface area (Å²) in [5, 5.41) is 0. The fourth-order valence-corrected chi connectivity index (χ4v) is 2.87. The van der Waals surface area contributed by atoms with E-state index < -0.39 is 0 Å². The third-order valence-electron chi connectivity index (χ3n) is 4.58. The Kier molecular flexibility index (Phi) is 4.98.